The lowest BCUT2D eigenvalue weighted by Crippen LogP contribution is -2.37. The number of benzene rings is 2. The Labute approximate surface area is 184 Å². The third-order valence-electron chi connectivity index (χ3n) is 6.30. The summed E-state index contributed by atoms with van der Waals surface area (Å²) in [6.45, 7) is 0. The maximum absolute atomic E-state index is 13.1. The fourth-order valence-electron chi connectivity index (χ4n) is 5.01. The second-order valence-corrected chi connectivity index (χ2v) is 9.88. The van der Waals surface area contributed by atoms with Gasteiger partial charge in [-0.25, -0.2) is 4.79 Å². The van der Waals surface area contributed by atoms with Gasteiger partial charge in [0.2, 0.25) is 11.8 Å². The van der Waals surface area contributed by atoms with Crippen LogP contribution in [0.2, 0.25) is 0 Å². The van der Waals surface area contributed by atoms with Crippen LogP contribution in [0.4, 0.5) is 5.69 Å². The van der Waals surface area contributed by atoms with Gasteiger partial charge in [0.05, 0.1) is 23.1 Å². The molecule has 3 fully saturated rings. The van der Waals surface area contributed by atoms with E-state index in [9.17, 15) is 14.4 Å². The summed E-state index contributed by atoms with van der Waals surface area (Å²) in [6.07, 6.45) is 0.904. The van der Waals surface area contributed by atoms with E-state index in [0.29, 0.717) is 17.0 Å². The van der Waals surface area contributed by atoms with Crippen LogP contribution in [0.3, 0.4) is 0 Å². The number of anilines is 1. The summed E-state index contributed by atoms with van der Waals surface area (Å²) < 4.78 is 5.38. The zero-order valence-electron chi connectivity index (χ0n) is 15.2. The monoisotopic (exact) mass is 517 g/mol. The van der Waals surface area contributed by atoms with E-state index in [4.69, 9.17) is 4.74 Å². The molecule has 2 aromatic carbocycles. The smallest absolute Gasteiger partial charge is 0.343 e. The number of hydrogen-bond acceptors (Lipinski definition) is 4. The van der Waals surface area contributed by atoms with Crippen molar-refractivity contribution in [2.24, 2.45) is 23.7 Å². The Kier molecular flexibility index (Phi) is 4.62. The number of alkyl halides is 2. The first kappa shape index (κ1) is 19.0. The van der Waals surface area contributed by atoms with Gasteiger partial charge >= 0.3 is 5.97 Å². The molecule has 7 heteroatoms. The molecule has 2 bridgehead atoms. The number of halogens is 2. The number of imide groups is 1. The van der Waals surface area contributed by atoms with E-state index in [-0.39, 0.29) is 45.1 Å². The highest BCUT2D eigenvalue weighted by Crippen LogP contribution is 2.60. The van der Waals surface area contributed by atoms with Gasteiger partial charge in [0.15, 0.2) is 0 Å². The number of rotatable bonds is 3. The summed E-state index contributed by atoms with van der Waals surface area (Å²) in [5, 5.41) is 0. The minimum Gasteiger partial charge on any atom is -0.423 e. The number of ether oxygens (including phenoxy) is 1. The fourth-order valence-corrected chi connectivity index (χ4v) is 6.88. The number of esters is 1. The summed E-state index contributed by atoms with van der Waals surface area (Å²) in [7, 11) is 0. The van der Waals surface area contributed by atoms with Crippen LogP contribution in [0.1, 0.15) is 16.8 Å². The van der Waals surface area contributed by atoms with Gasteiger partial charge < -0.3 is 4.74 Å². The summed E-state index contributed by atoms with van der Waals surface area (Å²) >= 11 is 7.39. The summed E-state index contributed by atoms with van der Waals surface area (Å²) in [5.74, 6) is -0.463. The fraction of sp³-hybridized carbons (Fsp3) is 0.318. The van der Waals surface area contributed by atoms with Crippen molar-refractivity contribution in [2.45, 2.75) is 16.1 Å². The molecule has 1 saturated heterocycles. The molecule has 2 amide bonds. The van der Waals surface area contributed by atoms with Crippen LogP contribution < -0.4 is 9.64 Å². The quantitative estimate of drug-likeness (QED) is 0.264. The first-order chi connectivity index (χ1) is 14.0. The molecule has 0 spiro atoms. The highest BCUT2D eigenvalue weighted by atomic mass is 79.9. The van der Waals surface area contributed by atoms with Gasteiger partial charge in [0.25, 0.3) is 0 Å². The van der Waals surface area contributed by atoms with Crippen molar-refractivity contribution in [3.63, 3.8) is 0 Å². The molecule has 5 rings (SSSR count). The van der Waals surface area contributed by atoms with Crippen molar-refractivity contribution < 1.29 is 19.1 Å². The van der Waals surface area contributed by atoms with E-state index >= 15 is 0 Å². The number of carbonyl (C=O) groups excluding carboxylic acids is 3. The van der Waals surface area contributed by atoms with Crippen LogP contribution in [0.5, 0.6) is 5.75 Å². The Hall–Kier alpha value is -1.99. The third-order valence-corrected chi connectivity index (χ3v) is 9.51. The predicted octanol–water partition coefficient (Wildman–Crippen LogP) is 4.19. The van der Waals surface area contributed by atoms with Crippen LogP contribution in [0.15, 0.2) is 54.6 Å². The van der Waals surface area contributed by atoms with Gasteiger partial charge in [-0.1, -0.05) is 50.1 Å². The highest BCUT2D eigenvalue weighted by molar-refractivity contribution is 9.12. The van der Waals surface area contributed by atoms with Gasteiger partial charge in [-0.15, -0.1) is 0 Å². The van der Waals surface area contributed by atoms with Crippen LogP contribution >= 0.6 is 31.9 Å². The first-order valence-electron chi connectivity index (χ1n) is 9.50. The van der Waals surface area contributed by atoms with E-state index in [0.717, 1.165) is 6.42 Å². The Morgan fingerprint density at radius 3 is 1.97 bits per heavy atom. The zero-order chi connectivity index (χ0) is 20.3. The lowest BCUT2D eigenvalue weighted by atomic mass is 9.81. The minimum atomic E-state index is -0.454. The number of nitrogens with zero attached hydrogens (tertiary/aromatic N) is 1. The molecule has 2 saturated carbocycles. The number of hydrogen-bond donors (Lipinski definition) is 0. The van der Waals surface area contributed by atoms with Gasteiger partial charge in [-0.05, 0) is 54.7 Å². The predicted molar refractivity (Wildman–Crippen MR) is 114 cm³/mol. The zero-order valence-corrected chi connectivity index (χ0v) is 18.4. The van der Waals surface area contributed by atoms with E-state index in [1.165, 1.54) is 4.90 Å². The van der Waals surface area contributed by atoms with Crippen molar-refractivity contribution in [3.8, 4) is 5.75 Å². The molecule has 1 heterocycles. The molecule has 2 aliphatic carbocycles. The Bertz CT molecular complexity index is 962. The van der Waals surface area contributed by atoms with Crippen LogP contribution in [-0.4, -0.2) is 27.4 Å². The van der Waals surface area contributed by atoms with Crippen molar-refractivity contribution >= 4 is 55.3 Å². The second kappa shape index (κ2) is 7.06. The molecule has 0 unspecified atom stereocenters. The number of amides is 2. The SMILES string of the molecule is O=C(Oc1ccc(N2C(=O)[C@@H]3[C@H]4C[C@H]([C@H](Br)[C@@H]4Br)[C@@H]3C2=O)cc1)c1ccccc1. The summed E-state index contributed by atoms with van der Waals surface area (Å²) in [4.78, 5) is 40.1. The molecule has 148 valence electrons. The molecule has 0 radical (unpaired) electrons. The van der Waals surface area contributed by atoms with Crippen molar-refractivity contribution in [3.05, 3.63) is 60.2 Å². The molecule has 2 aromatic rings. The molecule has 6 atom stereocenters. The molecule has 3 aliphatic rings. The third kappa shape index (κ3) is 2.89. The first-order valence-corrected chi connectivity index (χ1v) is 11.3. The minimum absolute atomic E-state index is 0.120. The molecule has 29 heavy (non-hydrogen) atoms. The van der Waals surface area contributed by atoms with Crippen molar-refractivity contribution in [1.82, 2.24) is 0 Å². The lowest BCUT2D eigenvalue weighted by Gasteiger charge is -2.28. The lowest BCUT2D eigenvalue weighted by molar-refractivity contribution is -0.123. The van der Waals surface area contributed by atoms with Crippen molar-refractivity contribution in [2.75, 3.05) is 4.90 Å². The normalized spacial score (nSPS) is 32.6. The molecule has 1 aliphatic heterocycles. The van der Waals surface area contributed by atoms with E-state index in [2.05, 4.69) is 31.9 Å². The van der Waals surface area contributed by atoms with Gasteiger partial charge in [-0.3, -0.25) is 14.5 Å². The van der Waals surface area contributed by atoms with E-state index in [1.54, 1.807) is 48.5 Å². The van der Waals surface area contributed by atoms with Gasteiger partial charge in [0.1, 0.15) is 5.75 Å². The number of carbonyl (C=O) groups is 3. The largest absolute Gasteiger partial charge is 0.423 e. The van der Waals surface area contributed by atoms with Gasteiger partial charge in [-0.2, -0.15) is 0 Å². The average Bonchev–Trinajstić information content (AvgIpc) is 3.34. The molecular weight excluding hydrogens is 502 g/mol. The van der Waals surface area contributed by atoms with E-state index in [1.807, 2.05) is 6.07 Å². The summed E-state index contributed by atoms with van der Waals surface area (Å²) in [5.41, 5.74) is 0.976. The Morgan fingerprint density at radius 1 is 0.862 bits per heavy atom. The highest BCUT2D eigenvalue weighted by Gasteiger charge is 2.66. The van der Waals surface area contributed by atoms with Gasteiger partial charge in [0, 0.05) is 9.65 Å². The van der Waals surface area contributed by atoms with E-state index < -0.39 is 5.97 Å². The maximum atomic E-state index is 13.1. The van der Waals surface area contributed by atoms with Crippen LogP contribution in [-0.2, 0) is 9.59 Å². The standard InChI is InChI=1S/C22H17Br2NO4/c23-18-14-10-15(19(18)24)17-16(14)20(26)25(21(17)27)12-6-8-13(9-7-12)29-22(28)11-4-2-1-3-5-11/h1-9,14-19H,10H2/t14-,15+,16-,17+,18-,19+. The molecular formula is C22H17Br2NO4. The topological polar surface area (TPSA) is 63.7 Å². The molecule has 0 N–H and O–H groups in total. The Balaban J connectivity index is 1.35. The average molecular weight is 519 g/mol. The Morgan fingerprint density at radius 2 is 1.41 bits per heavy atom. The molecule has 0 aromatic heterocycles. The summed E-state index contributed by atoms with van der Waals surface area (Å²) in [6, 6.07) is 15.3. The number of fused-ring (bicyclic) bond motifs is 5. The van der Waals surface area contributed by atoms with Crippen LogP contribution in [0.25, 0.3) is 0 Å². The molecule has 5 nitrogen and oxygen atoms in total. The maximum Gasteiger partial charge on any atom is 0.343 e. The second-order valence-electron chi connectivity index (χ2n) is 7.77. The van der Waals surface area contributed by atoms with Crippen molar-refractivity contribution in [1.29, 1.82) is 0 Å². The van der Waals surface area contributed by atoms with Crippen LogP contribution in [0, 0.1) is 23.7 Å².